The van der Waals surface area contributed by atoms with Crippen molar-refractivity contribution in [2.24, 2.45) is 0 Å². The van der Waals surface area contributed by atoms with Crippen LogP contribution >= 0.6 is 10.8 Å². The summed E-state index contributed by atoms with van der Waals surface area (Å²) in [5.41, 5.74) is 3.05. The molecule has 0 aliphatic carbocycles. The van der Waals surface area contributed by atoms with E-state index in [1.165, 1.54) is 18.3 Å². The number of hydrogen-bond acceptors (Lipinski definition) is 5. The van der Waals surface area contributed by atoms with Crippen LogP contribution < -0.4 is 0 Å². The van der Waals surface area contributed by atoms with Crippen LogP contribution in [0.1, 0.15) is 24.2 Å². The van der Waals surface area contributed by atoms with Crippen LogP contribution in [-0.2, 0) is 6.54 Å². The van der Waals surface area contributed by atoms with E-state index in [4.69, 9.17) is 0 Å². The van der Waals surface area contributed by atoms with E-state index < -0.39 is 22.7 Å². The molecular weight excluding hydrogens is 433 g/mol. The van der Waals surface area contributed by atoms with Crippen molar-refractivity contribution >= 4 is 27.8 Å². The highest BCUT2D eigenvalue weighted by Gasteiger charge is 2.40. The number of nitrogens with zero attached hydrogens (tertiary/aromatic N) is 3. The first-order valence-electron chi connectivity index (χ1n) is 9.90. The van der Waals surface area contributed by atoms with Crippen LogP contribution in [0.3, 0.4) is 0 Å². The summed E-state index contributed by atoms with van der Waals surface area (Å²) in [5, 5.41) is 10.1. The minimum absolute atomic E-state index is 0.252. The zero-order valence-corrected chi connectivity index (χ0v) is 17.8. The highest BCUT2D eigenvalue weighted by Crippen LogP contribution is 2.64. The molecule has 1 aliphatic rings. The molecule has 1 aliphatic heterocycles. The van der Waals surface area contributed by atoms with E-state index in [1.54, 1.807) is 34.8 Å². The van der Waals surface area contributed by atoms with Crippen LogP contribution in [0.4, 0.5) is 9.18 Å². The predicted molar refractivity (Wildman–Crippen MR) is 120 cm³/mol. The van der Waals surface area contributed by atoms with E-state index in [1.807, 2.05) is 25.1 Å². The maximum atomic E-state index is 13.8. The molecule has 3 heterocycles. The van der Waals surface area contributed by atoms with Gasteiger partial charge >= 0.3 is 6.09 Å². The van der Waals surface area contributed by atoms with E-state index in [-0.39, 0.29) is 18.1 Å². The van der Waals surface area contributed by atoms with Crippen molar-refractivity contribution in [3.05, 3.63) is 84.1 Å². The van der Waals surface area contributed by atoms with Gasteiger partial charge < -0.3 is 5.11 Å². The van der Waals surface area contributed by atoms with Crippen molar-refractivity contribution in [1.29, 1.82) is 0 Å². The van der Waals surface area contributed by atoms with Crippen molar-refractivity contribution in [3.8, 4) is 11.1 Å². The number of rotatable bonds is 3. The molecule has 1 atom stereocenters. The van der Waals surface area contributed by atoms with Gasteiger partial charge in [-0.1, -0.05) is 12.1 Å². The SMILES string of the molecule is C[C@@H]1c2cc(-c3cn(C(=O)O)c4cc(F)ccc34)ccc2S(O)(O)N1Cc1ccccn1. The van der Waals surface area contributed by atoms with Crippen molar-refractivity contribution in [1.82, 2.24) is 13.9 Å². The summed E-state index contributed by atoms with van der Waals surface area (Å²) >= 11 is 0. The Morgan fingerprint density at radius 3 is 2.69 bits per heavy atom. The lowest BCUT2D eigenvalue weighted by molar-refractivity contribution is 0.197. The summed E-state index contributed by atoms with van der Waals surface area (Å²) in [7, 11) is -3.20. The minimum atomic E-state index is -3.20. The molecule has 7 nitrogen and oxygen atoms in total. The Morgan fingerprint density at radius 2 is 1.97 bits per heavy atom. The van der Waals surface area contributed by atoms with Crippen molar-refractivity contribution < 1.29 is 23.4 Å². The molecule has 4 aromatic rings. The molecule has 9 heteroatoms. The molecule has 2 aromatic carbocycles. The maximum absolute atomic E-state index is 13.8. The second-order valence-corrected chi connectivity index (χ2v) is 9.65. The van der Waals surface area contributed by atoms with Gasteiger partial charge in [-0.25, -0.2) is 9.18 Å². The molecule has 0 saturated heterocycles. The average Bonchev–Trinajstić information content (AvgIpc) is 3.23. The summed E-state index contributed by atoms with van der Waals surface area (Å²) < 4.78 is 38.4. The number of carbonyl (C=O) groups is 1. The molecule has 0 spiro atoms. The molecule has 0 amide bonds. The van der Waals surface area contributed by atoms with E-state index in [2.05, 4.69) is 4.98 Å². The number of benzene rings is 2. The number of pyridine rings is 1. The second-order valence-electron chi connectivity index (χ2n) is 7.70. The van der Waals surface area contributed by atoms with Gasteiger partial charge in [0.05, 0.1) is 28.7 Å². The number of aromatic nitrogens is 2. The lowest BCUT2D eigenvalue weighted by atomic mass is 9.99. The van der Waals surface area contributed by atoms with Crippen LogP contribution in [0.25, 0.3) is 22.0 Å². The normalized spacial score (nSPS) is 18.6. The van der Waals surface area contributed by atoms with Gasteiger partial charge in [-0.05, 0) is 60.5 Å². The first kappa shape index (κ1) is 20.7. The summed E-state index contributed by atoms with van der Waals surface area (Å²) in [6.45, 7) is 2.16. The molecule has 3 N–H and O–H groups in total. The lowest BCUT2D eigenvalue weighted by Crippen LogP contribution is -2.24. The highest BCUT2D eigenvalue weighted by atomic mass is 32.3. The van der Waals surface area contributed by atoms with Crippen LogP contribution in [-0.4, -0.2) is 34.2 Å². The minimum Gasteiger partial charge on any atom is -0.464 e. The molecule has 0 radical (unpaired) electrons. The largest absolute Gasteiger partial charge is 0.464 e. The van der Waals surface area contributed by atoms with Crippen LogP contribution in [0, 0.1) is 5.82 Å². The highest BCUT2D eigenvalue weighted by molar-refractivity contribution is 8.22. The summed E-state index contributed by atoms with van der Waals surface area (Å²) in [6, 6.07) is 14.5. The van der Waals surface area contributed by atoms with E-state index >= 15 is 0 Å². The molecule has 0 saturated carbocycles. The van der Waals surface area contributed by atoms with Gasteiger partial charge in [0.25, 0.3) is 0 Å². The van der Waals surface area contributed by atoms with Crippen LogP contribution in [0.15, 0.2) is 71.9 Å². The number of fused-ring (bicyclic) bond motifs is 2. The van der Waals surface area contributed by atoms with E-state index in [9.17, 15) is 23.4 Å². The van der Waals surface area contributed by atoms with E-state index in [0.717, 1.165) is 15.8 Å². The molecule has 0 bridgehead atoms. The monoisotopic (exact) mass is 453 g/mol. The third-order valence-electron chi connectivity index (χ3n) is 5.84. The first-order valence-corrected chi connectivity index (χ1v) is 11.4. The third-order valence-corrected chi connectivity index (χ3v) is 7.90. The number of carboxylic acid groups (broad SMARTS) is 1. The van der Waals surface area contributed by atoms with Gasteiger partial charge in [-0.15, -0.1) is 10.8 Å². The fourth-order valence-electron chi connectivity index (χ4n) is 4.26. The smallest absolute Gasteiger partial charge is 0.416 e. The van der Waals surface area contributed by atoms with Crippen LogP contribution in [0.5, 0.6) is 0 Å². The number of halogens is 1. The molecule has 0 unspecified atom stereocenters. The fourth-order valence-corrected chi connectivity index (χ4v) is 6.18. The Bertz CT molecular complexity index is 1360. The second kappa shape index (κ2) is 7.42. The van der Waals surface area contributed by atoms with Gasteiger partial charge in [0, 0.05) is 23.3 Å². The molecular formula is C23H20FN3O4S. The van der Waals surface area contributed by atoms with Crippen LogP contribution in [0.2, 0.25) is 0 Å². The zero-order valence-electron chi connectivity index (χ0n) is 17.0. The predicted octanol–water partition coefficient (Wildman–Crippen LogP) is 5.97. The average molecular weight is 453 g/mol. The molecule has 5 rings (SSSR count). The van der Waals surface area contributed by atoms with Gasteiger partial charge in [0.15, 0.2) is 0 Å². The maximum Gasteiger partial charge on any atom is 0.416 e. The Labute approximate surface area is 184 Å². The van der Waals surface area contributed by atoms with E-state index in [0.29, 0.717) is 21.4 Å². The topological polar surface area (TPSA) is 98.8 Å². The Morgan fingerprint density at radius 1 is 1.16 bits per heavy atom. The standard InChI is InChI=1S/C23H20FN3O4S/c1-14-19-10-15(20-13-26(23(28)29)21-11-16(24)6-7-18(20)21)5-8-22(19)32(30,31)27(14)12-17-4-2-3-9-25-17/h2-11,13-14,30-31H,12H2,1H3,(H,28,29)/t14-/m1/s1. The first-order chi connectivity index (χ1) is 15.3. The third kappa shape index (κ3) is 3.18. The summed E-state index contributed by atoms with van der Waals surface area (Å²) in [6.07, 6.45) is 1.91. The lowest BCUT2D eigenvalue weighted by Gasteiger charge is -2.38. The van der Waals surface area contributed by atoms with Gasteiger partial charge in [0.2, 0.25) is 0 Å². The Balaban J connectivity index is 1.60. The van der Waals surface area contributed by atoms with Gasteiger partial charge in [-0.3, -0.25) is 18.7 Å². The fraction of sp³-hybridized carbons (Fsp3) is 0.130. The molecule has 0 fully saturated rings. The van der Waals surface area contributed by atoms with Gasteiger partial charge in [-0.2, -0.15) is 4.31 Å². The summed E-state index contributed by atoms with van der Waals surface area (Å²) in [5.74, 6) is -0.522. The summed E-state index contributed by atoms with van der Waals surface area (Å²) in [4.78, 5) is 16.4. The molecule has 32 heavy (non-hydrogen) atoms. The number of hydrogen-bond donors (Lipinski definition) is 3. The zero-order chi connectivity index (χ0) is 22.6. The Kier molecular flexibility index (Phi) is 4.79. The van der Waals surface area contributed by atoms with Crippen molar-refractivity contribution in [2.45, 2.75) is 24.4 Å². The van der Waals surface area contributed by atoms with Crippen molar-refractivity contribution in [3.63, 3.8) is 0 Å². The van der Waals surface area contributed by atoms with Crippen molar-refractivity contribution in [2.75, 3.05) is 0 Å². The molecule has 2 aromatic heterocycles. The quantitative estimate of drug-likeness (QED) is 0.353. The Hall–Kier alpha value is -3.24. The molecule has 164 valence electrons. The van der Waals surface area contributed by atoms with Gasteiger partial charge in [0.1, 0.15) is 5.82 Å².